The Kier molecular flexibility index (Phi) is 5.63. The molecule has 2 fully saturated rings. The Morgan fingerprint density at radius 2 is 1.92 bits per heavy atom. The predicted octanol–water partition coefficient (Wildman–Crippen LogP) is 0.345. The summed E-state index contributed by atoms with van der Waals surface area (Å²) in [7, 11) is 1.79. The smallest absolute Gasteiger partial charge is 0.267 e. The van der Waals surface area contributed by atoms with E-state index in [9.17, 15) is 9.59 Å². The fourth-order valence-corrected chi connectivity index (χ4v) is 3.69. The van der Waals surface area contributed by atoms with Crippen molar-refractivity contribution in [1.82, 2.24) is 19.6 Å². The number of carbonyl (C=O) groups is 1. The van der Waals surface area contributed by atoms with E-state index in [0.29, 0.717) is 12.1 Å². The number of likely N-dealkylation sites (tertiary alicyclic amines) is 2. The molecule has 132 valence electrons. The van der Waals surface area contributed by atoms with Gasteiger partial charge in [0.1, 0.15) is 6.54 Å². The molecule has 7 heteroatoms. The van der Waals surface area contributed by atoms with Gasteiger partial charge in [-0.15, -0.1) is 0 Å². The number of aromatic nitrogens is 2. The quantitative estimate of drug-likeness (QED) is 0.795. The molecule has 3 heterocycles. The normalized spacial score (nSPS) is 21.1. The van der Waals surface area contributed by atoms with Gasteiger partial charge in [0, 0.05) is 51.6 Å². The maximum absolute atomic E-state index is 12.4. The van der Waals surface area contributed by atoms with E-state index in [1.54, 1.807) is 13.2 Å². The first-order chi connectivity index (χ1) is 11.7. The van der Waals surface area contributed by atoms with Gasteiger partial charge in [-0.2, -0.15) is 5.10 Å². The molecule has 7 nitrogen and oxygen atoms in total. The van der Waals surface area contributed by atoms with Crippen molar-refractivity contribution >= 4 is 5.91 Å². The highest BCUT2D eigenvalue weighted by Crippen LogP contribution is 2.22. The highest BCUT2D eigenvalue weighted by atomic mass is 16.5. The van der Waals surface area contributed by atoms with Crippen molar-refractivity contribution in [3.05, 3.63) is 28.7 Å². The zero-order chi connectivity index (χ0) is 16.9. The molecule has 2 aliphatic rings. The van der Waals surface area contributed by atoms with E-state index in [1.807, 2.05) is 4.90 Å². The molecule has 24 heavy (non-hydrogen) atoms. The van der Waals surface area contributed by atoms with Crippen molar-refractivity contribution in [2.24, 2.45) is 0 Å². The molecule has 0 N–H and O–H groups in total. The molecule has 0 radical (unpaired) electrons. The van der Waals surface area contributed by atoms with E-state index in [4.69, 9.17) is 4.74 Å². The first kappa shape index (κ1) is 17.1. The second-order valence-corrected chi connectivity index (χ2v) is 6.60. The van der Waals surface area contributed by atoms with Gasteiger partial charge in [-0.05, 0) is 31.7 Å². The van der Waals surface area contributed by atoms with Crippen LogP contribution in [0.4, 0.5) is 0 Å². The molecule has 0 spiro atoms. The van der Waals surface area contributed by atoms with E-state index in [2.05, 4.69) is 10.00 Å². The third-order valence-electron chi connectivity index (χ3n) is 5.21. The molecule has 0 unspecified atom stereocenters. The lowest BCUT2D eigenvalue weighted by atomic mass is 9.99. The maximum atomic E-state index is 12.4. The zero-order valence-corrected chi connectivity index (χ0v) is 14.3. The van der Waals surface area contributed by atoms with Gasteiger partial charge in [0.2, 0.25) is 5.91 Å². The molecule has 2 aliphatic heterocycles. The van der Waals surface area contributed by atoms with Crippen LogP contribution in [0.3, 0.4) is 0 Å². The summed E-state index contributed by atoms with van der Waals surface area (Å²) in [4.78, 5) is 28.4. The summed E-state index contributed by atoms with van der Waals surface area (Å²) < 4.78 is 6.65. The van der Waals surface area contributed by atoms with Crippen LogP contribution in [-0.4, -0.2) is 70.9 Å². The Balaban J connectivity index is 1.47. The number of ether oxygens (including phenoxy) is 1. The minimum atomic E-state index is -0.234. The molecule has 0 bridgehead atoms. The molecular weight excluding hydrogens is 308 g/mol. The molecule has 3 rings (SSSR count). The first-order valence-corrected chi connectivity index (χ1v) is 8.74. The minimum absolute atomic E-state index is 0.0210. The van der Waals surface area contributed by atoms with Crippen LogP contribution in [0.15, 0.2) is 23.1 Å². The monoisotopic (exact) mass is 334 g/mol. The number of amides is 1. The number of carbonyl (C=O) groups excluding carboxylic acids is 1. The van der Waals surface area contributed by atoms with Gasteiger partial charge in [-0.25, -0.2) is 4.68 Å². The summed E-state index contributed by atoms with van der Waals surface area (Å²) >= 11 is 0. The van der Waals surface area contributed by atoms with Crippen LogP contribution in [0.5, 0.6) is 0 Å². The zero-order valence-electron chi connectivity index (χ0n) is 14.3. The molecule has 0 aliphatic carbocycles. The molecule has 0 atom stereocenters. The molecule has 1 amide bonds. The van der Waals surface area contributed by atoms with Crippen molar-refractivity contribution in [3.63, 3.8) is 0 Å². The Morgan fingerprint density at radius 1 is 1.21 bits per heavy atom. The van der Waals surface area contributed by atoms with Crippen LogP contribution in [0, 0.1) is 0 Å². The topological polar surface area (TPSA) is 67.7 Å². The van der Waals surface area contributed by atoms with Crippen molar-refractivity contribution < 1.29 is 9.53 Å². The van der Waals surface area contributed by atoms with Crippen LogP contribution in [0.1, 0.15) is 25.7 Å². The highest BCUT2D eigenvalue weighted by molar-refractivity contribution is 5.75. The van der Waals surface area contributed by atoms with Crippen LogP contribution >= 0.6 is 0 Å². The SMILES string of the molecule is COC1CCN(C2CCN(C(=O)Cn3ncccc3=O)CC2)CC1. The summed E-state index contributed by atoms with van der Waals surface area (Å²) in [6.07, 6.45) is 6.13. The number of rotatable bonds is 4. The fraction of sp³-hybridized carbons (Fsp3) is 0.706. The standard InChI is InChI=1S/C17H26N4O3/c1-24-15-6-11-19(12-7-15)14-4-9-20(10-5-14)17(23)13-21-16(22)3-2-8-18-21/h2-3,8,14-15H,4-7,9-13H2,1H3. The van der Waals surface area contributed by atoms with Crippen molar-refractivity contribution in [2.45, 2.75) is 44.4 Å². The van der Waals surface area contributed by atoms with Gasteiger partial charge in [-0.3, -0.25) is 9.59 Å². The second kappa shape index (κ2) is 7.90. The van der Waals surface area contributed by atoms with E-state index in [1.165, 1.54) is 16.9 Å². The average molecular weight is 334 g/mol. The number of nitrogens with zero attached hydrogens (tertiary/aromatic N) is 4. The second-order valence-electron chi connectivity index (χ2n) is 6.60. The lowest BCUT2D eigenvalue weighted by Gasteiger charge is -2.41. The van der Waals surface area contributed by atoms with Crippen LogP contribution < -0.4 is 5.56 Å². The molecule has 2 saturated heterocycles. The number of hydrogen-bond donors (Lipinski definition) is 0. The lowest BCUT2D eigenvalue weighted by molar-refractivity contribution is -0.133. The van der Waals surface area contributed by atoms with Gasteiger partial charge in [0.15, 0.2) is 0 Å². The summed E-state index contributed by atoms with van der Waals surface area (Å²) in [6, 6.07) is 3.57. The van der Waals surface area contributed by atoms with Gasteiger partial charge < -0.3 is 14.5 Å². The Morgan fingerprint density at radius 3 is 2.54 bits per heavy atom. The third-order valence-corrected chi connectivity index (χ3v) is 5.21. The number of hydrogen-bond acceptors (Lipinski definition) is 5. The first-order valence-electron chi connectivity index (χ1n) is 8.74. The molecule has 1 aromatic rings. The molecule has 0 saturated carbocycles. The van der Waals surface area contributed by atoms with E-state index < -0.39 is 0 Å². The summed E-state index contributed by atoms with van der Waals surface area (Å²) in [5.41, 5.74) is -0.234. The van der Waals surface area contributed by atoms with Gasteiger partial charge in [0.05, 0.1) is 6.10 Å². The Labute approximate surface area is 142 Å². The average Bonchev–Trinajstić information content (AvgIpc) is 2.64. The van der Waals surface area contributed by atoms with E-state index in [0.717, 1.165) is 51.9 Å². The summed E-state index contributed by atoms with van der Waals surface area (Å²) in [6.45, 7) is 3.72. The summed E-state index contributed by atoms with van der Waals surface area (Å²) in [5.74, 6) is -0.0210. The molecule has 0 aromatic carbocycles. The van der Waals surface area contributed by atoms with E-state index >= 15 is 0 Å². The van der Waals surface area contributed by atoms with Crippen LogP contribution in [-0.2, 0) is 16.1 Å². The Bertz CT molecular complexity index is 602. The number of methoxy groups -OCH3 is 1. The lowest BCUT2D eigenvalue weighted by Crippen LogP contribution is -2.50. The molecule has 1 aromatic heterocycles. The fourth-order valence-electron chi connectivity index (χ4n) is 3.69. The van der Waals surface area contributed by atoms with Gasteiger partial charge in [0.25, 0.3) is 5.56 Å². The maximum Gasteiger partial charge on any atom is 0.267 e. The largest absolute Gasteiger partial charge is 0.381 e. The Hall–Kier alpha value is -1.73. The van der Waals surface area contributed by atoms with Crippen molar-refractivity contribution in [1.29, 1.82) is 0 Å². The van der Waals surface area contributed by atoms with Gasteiger partial charge >= 0.3 is 0 Å². The minimum Gasteiger partial charge on any atom is -0.381 e. The molecular formula is C17H26N4O3. The van der Waals surface area contributed by atoms with Crippen molar-refractivity contribution in [2.75, 3.05) is 33.3 Å². The van der Waals surface area contributed by atoms with Crippen LogP contribution in [0.2, 0.25) is 0 Å². The van der Waals surface area contributed by atoms with Crippen molar-refractivity contribution in [3.8, 4) is 0 Å². The summed E-state index contributed by atoms with van der Waals surface area (Å²) in [5, 5.41) is 3.95. The van der Waals surface area contributed by atoms with E-state index in [-0.39, 0.29) is 18.0 Å². The van der Waals surface area contributed by atoms with Gasteiger partial charge in [-0.1, -0.05) is 0 Å². The van der Waals surface area contributed by atoms with Crippen LogP contribution in [0.25, 0.3) is 0 Å². The third kappa shape index (κ3) is 4.02. The number of piperidine rings is 2. The highest BCUT2D eigenvalue weighted by Gasteiger charge is 2.29. The predicted molar refractivity (Wildman–Crippen MR) is 89.7 cm³/mol.